The lowest BCUT2D eigenvalue weighted by Gasteiger charge is -2.29. The third kappa shape index (κ3) is 2.68. The predicted molar refractivity (Wildman–Crippen MR) is 109 cm³/mol. The molecule has 4 aliphatic heterocycles. The molecule has 4 atom stereocenters. The van der Waals surface area contributed by atoms with Crippen molar-refractivity contribution in [3.8, 4) is 17.6 Å². The Bertz CT molecular complexity index is 1120. The summed E-state index contributed by atoms with van der Waals surface area (Å²) in [6.45, 7) is 1.33. The van der Waals surface area contributed by atoms with E-state index >= 15 is 0 Å². The number of rotatable bonds is 3. The molecule has 0 spiro atoms. The van der Waals surface area contributed by atoms with Crippen LogP contribution in [0.25, 0.3) is 0 Å². The molecule has 7 nitrogen and oxygen atoms in total. The van der Waals surface area contributed by atoms with Crippen LogP contribution < -0.4 is 9.47 Å². The van der Waals surface area contributed by atoms with E-state index in [0.29, 0.717) is 17.1 Å². The summed E-state index contributed by atoms with van der Waals surface area (Å²) in [5.74, 6) is 0.484. The van der Waals surface area contributed by atoms with Gasteiger partial charge in [-0.15, -0.1) is 0 Å². The summed E-state index contributed by atoms with van der Waals surface area (Å²) in [7, 11) is 0. The molecule has 0 bridgehead atoms. The number of hydrogen-bond donors (Lipinski definition) is 0. The normalized spacial score (nSPS) is 28.7. The maximum absolute atomic E-state index is 13.5. The summed E-state index contributed by atoms with van der Waals surface area (Å²) in [6, 6.07) is 15.1. The van der Waals surface area contributed by atoms with Crippen molar-refractivity contribution in [2.75, 3.05) is 13.3 Å². The van der Waals surface area contributed by atoms with Gasteiger partial charge < -0.3 is 9.47 Å². The SMILES string of the molecule is N#Cc1ccc(C2C3C(=O)N(Cc4ccc5c(c4)OCO5)C(=O)C3C3CCCN32)cc1. The van der Waals surface area contributed by atoms with Crippen LogP contribution in [0.5, 0.6) is 11.5 Å². The Morgan fingerprint density at radius 3 is 2.58 bits per heavy atom. The van der Waals surface area contributed by atoms with Crippen LogP contribution in [0.3, 0.4) is 0 Å². The summed E-state index contributed by atoms with van der Waals surface area (Å²) in [5, 5.41) is 9.12. The van der Waals surface area contributed by atoms with E-state index in [0.717, 1.165) is 30.5 Å². The number of ether oxygens (including phenoxy) is 2. The summed E-state index contributed by atoms with van der Waals surface area (Å²) < 4.78 is 10.8. The van der Waals surface area contributed by atoms with Crippen molar-refractivity contribution in [1.82, 2.24) is 9.80 Å². The highest BCUT2D eigenvalue weighted by Crippen LogP contribution is 2.53. The highest BCUT2D eigenvalue weighted by Gasteiger charge is 2.62. The van der Waals surface area contributed by atoms with E-state index in [1.54, 1.807) is 12.1 Å². The van der Waals surface area contributed by atoms with Crippen molar-refractivity contribution in [3.05, 3.63) is 59.2 Å². The Kier molecular flexibility index (Phi) is 4.05. The lowest BCUT2D eigenvalue weighted by atomic mass is 9.85. The number of hydrogen-bond acceptors (Lipinski definition) is 6. The zero-order valence-electron chi connectivity index (χ0n) is 16.9. The van der Waals surface area contributed by atoms with Crippen LogP contribution in [0.1, 0.15) is 35.6 Å². The predicted octanol–water partition coefficient (Wildman–Crippen LogP) is 2.61. The van der Waals surface area contributed by atoms with Gasteiger partial charge in [0.2, 0.25) is 18.6 Å². The van der Waals surface area contributed by atoms with Crippen molar-refractivity contribution in [2.45, 2.75) is 31.5 Å². The van der Waals surface area contributed by atoms with Crippen molar-refractivity contribution in [1.29, 1.82) is 5.26 Å². The Morgan fingerprint density at radius 1 is 1.00 bits per heavy atom. The first-order valence-corrected chi connectivity index (χ1v) is 10.7. The van der Waals surface area contributed by atoms with E-state index < -0.39 is 0 Å². The Balaban J connectivity index is 1.33. The van der Waals surface area contributed by atoms with Gasteiger partial charge in [-0.05, 0) is 54.8 Å². The molecular formula is C24H21N3O4. The quantitative estimate of drug-likeness (QED) is 0.717. The lowest BCUT2D eigenvalue weighted by molar-refractivity contribution is -0.142. The largest absolute Gasteiger partial charge is 0.454 e. The van der Waals surface area contributed by atoms with Gasteiger partial charge in [0.15, 0.2) is 11.5 Å². The number of carbonyl (C=O) groups is 2. The third-order valence-corrected chi connectivity index (χ3v) is 7.10. The number of amides is 2. The molecular weight excluding hydrogens is 394 g/mol. The molecule has 0 N–H and O–H groups in total. The van der Waals surface area contributed by atoms with Crippen LogP contribution >= 0.6 is 0 Å². The smallest absolute Gasteiger partial charge is 0.235 e. The van der Waals surface area contributed by atoms with Gasteiger partial charge in [-0.3, -0.25) is 19.4 Å². The van der Waals surface area contributed by atoms with Crippen molar-refractivity contribution in [3.63, 3.8) is 0 Å². The number of nitriles is 1. The average Bonchev–Trinajstić information content (AvgIpc) is 3.54. The van der Waals surface area contributed by atoms with Gasteiger partial charge in [0.1, 0.15) is 0 Å². The molecule has 3 fully saturated rings. The minimum Gasteiger partial charge on any atom is -0.454 e. The molecule has 2 aromatic carbocycles. The Morgan fingerprint density at radius 2 is 1.77 bits per heavy atom. The second kappa shape index (κ2) is 6.82. The Hall–Kier alpha value is -3.37. The second-order valence-corrected chi connectivity index (χ2v) is 8.63. The van der Waals surface area contributed by atoms with Gasteiger partial charge in [0, 0.05) is 12.1 Å². The van der Waals surface area contributed by atoms with Gasteiger partial charge in [0.25, 0.3) is 0 Å². The van der Waals surface area contributed by atoms with E-state index in [1.165, 1.54) is 4.90 Å². The average molecular weight is 415 g/mol. The van der Waals surface area contributed by atoms with Gasteiger partial charge in [-0.2, -0.15) is 5.26 Å². The zero-order chi connectivity index (χ0) is 21.1. The fourth-order valence-electron chi connectivity index (χ4n) is 5.79. The first kappa shape index (κ1) is 18.4. The van der Waals surface area contributed by atoms with Crippen LogP contribution in [0.15, 0.2) is 42.5 Å². The number of benzene rings is 2. The van der Waals surface area contributed by atoms with Crippen LogP contribution in [0.2, 0.25) is 0 Å². The number of carbonyl (C=O) groups excluding carboxylic acids is 2. The molecule has 4 unspecified atom stereocenters. The van der Waals surface area contributed by atoms with E-state index in [1.807, 2.05) is 30.3 Å². The van der Waals surface area contributed by atoms with Crippen molar-refractivity contribution in [2.24, 2.45) is 11.8 Å². The molecule has 0 aliphatic carbocycles. The van der Waals surface area contributed by atoms with E-state index in [2.05, 4.69) is 11.0 Å². The third-order valence-electron chi connectivity index (χ3n) is 7.10. The molecule has 2 amide bonds. The fraction of sp³-hybridized carbons (Fsp3) is 0.375. The highest BCUT2D eigenvalue weighted by atomic mass is 16.7. The van der Waals surface area contributed by atoms with Crippen LogP contribution in [-0.2, 0) is 16.1 Å². The minimum absolute atomic E-state index is 0.0688. The number of imide groups is 1. The molecule has 0 saturated carbocycles. The number of likely N-dealkylation sites (tertiary alicyclic amines) is 1. The van der Waals surface area contributed by atoms with Crippen molar-refractivity contribution < 1.29 is 19.1 Å². The Labute approximate surface area is 179 Å². The van der Waals surface area contributed by atoms with E-state index in [4.69, 9.17) is 14.7 Å². The summed E-state index contributed by atoms with van der Waals surface area (Å²) in [6.07, 6.45) is 1.97. The zero-order valence-corrected chi connectivity index (χ0v) is 16.9. The van der Waals surface area contributed by atoms with Crippen LogP contribution in [0.4, 0.5) is 0 Å². The molecule has 4 aliphatic rings. The molecule has 4 heterocycles. The molecule has 6 rings (SSSR count). The fourth-order valence-corrected chi connectivity index (χ4v) is 5.79. The van der Waals surface area contributed by atoms with E-state index in [9.17, 15) is 9.59 Å². The van der Waals surface area contributed by atoms with Gasteiger partial charge in [0.05, 0.1) is 30.0 Å². The molecule has 0 radical (unpaired) electrons. The lowest BCUT2D eigenvalue weighted by Crippen LogP contribution is -2.38. The van der Waals surface area contributed by atoms with Crippen LogP contribution in [0, 0.1) is 23.2 Å². The first-order valence-electron chi connectivity index (χ1n) is 10.7. The summed E-state index contributed by atoms with van der Waals surface area (Å²) in [4.78, 5) is 30.7. The van der Waals surface area contributed by atoms with Gasteiger partial charge in [-0.1, -0.05) is 18.2 Å². The molecule has 3 saturated heterocycles. The molecule has 7 heteroatoms. The maximum atomic E-state index is 13.5. The standard InChI is InChI=1S/C24H21N3O4/c25-11-14-3-6-16(7-4-14)22-21-20(17-2-1-9-26(17)22)23(28)27(24(21)29)12-15-5-8-18-19(10-15)31-13-30-18/h3-8,10,17,20-22H,1-2,9,12-13H2. The monoisotopic (exact) mass is 415 g/mol. The molecule has 156 valence electrons. The summed E-state index contributed by atoms with van der Waals surface area (Å²) in [5.41, 5.74) is 2.45. The molecule has 0 aromatic heterocycles. The number of fused-ring (bicyclic) bond motifs is 4. The van der Waals surface area contributed by atoms with Gasteiger partial charge >= 0.3 is 0 Å². The number of nitrogens with zero attached hydrogens (tertiary/aromatic N) is 3. The van der Waals surface area contributed by atoms with Gasteiger partial charge in [-0.25, -0.2) is 0 Å². The highest BCUT2D eigenvalue weighted by molar-refractivity contribution is 6.06. The van der Waals surface area contributed by atoms with Crippen LogP contribution in [-0.4, -0.2) is 41.0 Å². The molecule has 2 aromatic rings. The first-order chi connectivity index (χ1) is 15.2. The molecule has 31 heavy (non-hydrogen) atoms. The minimum atomic E-state index is -0.375. The van der Waals surface area contributed by atoms with E-state index in [-0.39, 0.29) is 49.1 Å². The van der Waals surface area contributed by atoms with Crippen molar-refractivity contribution >= 4 is 11.8 Å². The maximum Gasteiger partial charge on any atom is 0.235 e. The second-order valence-electron chi connectivity index (χ2n) is 8.63. The summed E-state index contributed by atoms with van der Waals surface area (Å²) >= 11 is 0. The topological polar surface area (TPSA) is 82.9 Å².